The molecule has 1 fully saturated rings. The van der Waals surface area contributed by atoms with Gasteiger partial charge in [-0.05, 0) is 12.8 Å². The number of nitrogens with two attached hydrogens (primary N) is 1. The van der Waals surface area contributed by atoms with Gasteiger partial charge in [0.15, 0.2) is 9.84 Å². The van der Waals surface area contributed by atoms with Gasteiger partial charge in [-0.2, -0.15) is 0 Å². The number of hydrogen-bond acceptors (Lipinski definition) is 4. The SMILES string of the molecule is C=CC(NN)C1CCCCS1(=O)=O. The summed E-state index contributed by atoms with van der Waals surface area (Å²) in [6.07, 6.45) is 3.97. The van der Waals surface area contributed by atoms with Crippen LogP contribution in [0.3, 0.4) is 0 Å². The van der Waals surface area contributed by atoms with Gasteiger partial charge in [-0.3, -0.25) is 11.3 Å². The molecule has 2 unspecified atom stereocenters. The summed E-state index contributed by atoms with van der Waals surface area (Å²) < 4.78 is 23.2. The highest BCUT2D eigenvalue weighted by atomic mass is 32.2. The molecule has 0 bridgehead atoms. The maximum atomic E-state index is 11.6. The van der Waals surface area contributed by atoms with Crippen LogP contribution in [0.25, 0.3) is 0 Å². The Morgan fingerprint density at radius 2 is 2.23 bits per heavy atom. The molecule has 76 valence electrons. The van der Waals surface area contributed by atoms with Gasteiger partial charge in [-0.15, -0.1) is 6.58 Å². The summed E-state index contributed by atoms with van der Waals surface area (Å²) in [5.41, 5.74) is 2.48. The summed E-state index contributed by atoms with van der Waals surface area (Å²) in [4.78, 5) is 0. The second kappa shape index (κ2) is 4.21. The summed E-state index contributed by atoms with van der Waals surface area (Å²) in [5.74, 6) is 5.53. The van der Waals surface area contributed by atoms with Crippen LogP contribution in [0, 0.1) is 0 Å². The molecule has 13 heavy (non-hydrogen) atoms. The summed E-state index contributed by atoms with van der Waals surface area (Å²) in [7, 11) is -2.96. The van der Waals surface area contributed by atoms with Crippen molar-refractivity contribution in [3.8, 4) is 0 Å². The Bertz CT molecular complexity index is 274. The van der Waals surface area contributed by atoms with Crippen LogP contribution in [0.4, 0.5) is 0 Å². The number of hydrogen-bond donors (Lipinski definition) is 2. The van der Waals surface area contributed by atoms with Crippen LogP contribution >= 0.6 is 0 Å². The molecule has 0 amide bonds. The normalized spacial score (nSPS) is 29.5. The van der Waals surface area contributed by atoms with E-state index >= 15 is 0 Å². The second-order valence-corrected chi connectivity index (χ2v) is 5.67. The van der Waals surface area contributed by atoms with E-state index in [0.29, 0.717) is 6.42 Å². The maximum Gasteiger partial charge on any atom is 0.155 e. The van der Waals surface area contributed by atoms with Gasteiger partial charge >= 0.3 is 0 Å². The van der Waals surface area contributed by atoms with Crippen LogP contribution in [0.2, 0.25) is 0 Å². The first kappa shape index (κ1) is 10.7. The highest BCUT2D eigenvalue weighted by molar-refractivity contribution is 7.92. The first-order chi connectivity index (χ1) is 6.11. The van der Waals surface area contributed by atoms with E-state index in [1.165, 1.54) is 0 Å². The number of rotatable bonds is 3. The molecular formula is C8H16N2O2S. The lowest BCUT2D eigenvalue weighted by Gasteiger charge is -2.27. The van der Waals surface area contributed by atoms with Gasteiger partial charge in [0.25, 0.3) is 0 Å². The van der Waals surface area contributed by atoms with Crippen molar-refractivity contribution in [2.24, 2.45) is 5.84 Å². The zero-order valence-corrected chi connectivity index (χ0v) is 8.39. The van der Waals surface area contributed by atoms with E-state index in [1.54, 1.807) is 6.08 Å². The Kier molecular flexibility index (Phi) is 3.47. The van der Waals surface area contributed by atoms with Gasteiger partial charge in [-0.25, -0.2) is 8.42 Å². The molecule has 1 aliphatic heterocycles. The summed E-state index contributed by atoms with van der Waals surface area (Å²) in [5, 5.41) is -0.385. The van der Waals surface area contributed by atoms with Crippen LogP contribution in [0.1, 0.15) is 19.3 Å². The lowest BCUT2D eigenvalue weighted by atomic mass is 10.1. The quantitative estimate of drug-likeness (QED) is 0.385. The molecule has 0 aromatic heterocycles. The van der Waals surface area contributed by atoms with Crippen LogP contribution < -0.4 is 11.3 Å². The molecule has 0 aliphatic carbocycles. The van der Waals surface area contributed by atoms with Gasteiger partial charge in [0.1, 0.15) is 0 Å². The predicted octanol–water partition coefficient (Wildman–Crippen LogP) is -0.0284. The van der Waals surface area contributed by atoms with Crippen LogP contribution in [-0.2, 0) is 9.84 Å². The highest BCUT2D eigenvalue weighted by Gasteiger charge is 2.33. The fourth-order valence-corrected chi connectivity index (χ4v) is 3.78. The van der Waals surface area contributed by atoms with E-state index in [1.807, 2.05) is 0 Å². The minimum Gasteiger partial charge on any atom is -0.271 e. The second-order valence-electron chi connectivity index (χ2n) is 3.33. The first-order valence-corrected chi connectivity index (χ1v) is 6.13. The van der Waals surface area contributed by atoms with Crippen molar-refractivity contribution in [2.75, 3.05) is 5.75 Å². The third-order valence-electron chi connectivity index (χ3n) is 2.48. The van der Waals surface area contributed by atoms with Gasteiger partial charge < -0.3 is 0 Å². The molecule has 1 aliphatic rings. The van der Waals surface area contributed by atoms with Gasteiger partial charge in [-0.1, -0.05) is 12.5 Å². The third-order valence-corrected chi connectivity index (χ3v) is 4.78. The van der Waals surface area contributed by atoms with E-state index < -0.39 is 9.84 Å². The molecule has 3 N–H and O–H groups in total. The fourth-order valence-electron chi connectivity index (χ4n) is 1.71. The minimum absolute atomic E-state index is 0.281. The average molecular weight is 204 g/mol. The molecule has 1 heterocycles. The Balaban J connectivity index is 2.81. The predicted molar refractivity (Wildman–Crippen MR) is 52.7 cm³/mol. The standard InChI is InChI=1S/C8H16N2O2S/c1-2-7(10-9)8-5-3-4-6-13(8,11)12/h2,7-8,10H,1,3-6,9H2. The molecule has 2 atom stereocenters. The zero-order valence-electron chi connectivity index (χ0n) is 7.57. The summed E-state index contributed by atoms with van der Waals surface area (Å²) in [6, 6.07) is -0.315. The van der Waals surface area contributed by atoms with Gasteiger partial charge in [0, 0.05) is 0 Å². The van der Waals surface area contributed by atoms with Crippen molar-refractivity contribution >= 4 is 9.84 Å². The third kappa shape index (κ3) is 2.30. The zero-order chi connectivity index (χ0) is 9.90. The van der Waals surface area contributed by atoms with E-state index in [9.17, 15) is 8.42 Å². The first-order valence-electron chi connectivity index (χ1n) is 4.42. The largest absolute Gasteiger partial charge is 0.271 e. The van der Waals surface area contributed by atoms with E-state index in [-0.39, 0.29) is 17.0 Å². The highest BCUT2D eigenvalue weighted by Crippen LogP contribution is 2.22. The molecule has 0 radical (unpaired) electrons. The molecule has 5 heteroatoms. The fraction of sp³-hybridized carbons (Fsp3) is 0.750. The van der Waals surface area contributed by atoms with Gasteiger partial charge in [0.2, 0.25) is 0 Å². The topological polar surface area (TPSA) is 72.2 Å². The Morgan fingerprint density at radius 3 is 2.69 bits per heavy atom. The Hall–Kier alpha value is -0.390. The summed E-state index contributed by atoms with van der Waals surface area (Å²) in [6.45, 7) is 3.57. The van der Waals surface area contributed by atoms with Crippen LogP contribution in [0.5, 0.6) is 0 Å². The van der Waals surface area contributed by atoms with Crippen molar-refractivity contribution in [1.29, 1.82) is 0 Å². The maximum absolute atomic E-state index is 11.6. The monoisotopic (exact) mass is 204 g/mol. The Morgan fingerprint density at radius 1 is 1.54 bits per heavy atom. The minimum atomic E-state index is -2.96. The van der Waals surface area contributed by atoms with E-state index in [0.717, 1.165) is 12.8 Å². The summed E-state index contributed by atoms with van der Waals surface area (Å²) >= 11 is 0. The lowest BCUT2D eigenvalue weighted by Crippen LogP contribution is -2.48. The Labute approximate surface area is 79.1 Å². The number of sulfone groups is 1. The van der Waals surface area contributed by atoms with Gasteiger partial charge in [0.05, 0.1) is 17.0 Å². The molecule has 0 spiro atoms. The van der Waals surface area contributed by atoms with E-state index in [4.69, 9.17) is 5.84 Å². The van der Waals surface area contributed by atoms with Crippen molar-refractivity contribution in [3.63, 3.8) is 0 Å². The average Bonchev–Trinajstić information content (AvgIpc) is 2.09. The molecule has 0 saturated carbocycles. The molecule has 0 aromatic rings. The molecule has 4 nitrogen and oxygen atoms in total. The van der Waals surface area contributed by atoms with Crippen LogP contribution in [0.15, 0.2) is 12.7 Å². The van der Waals surface area contributed by atoms with Crippen molar-refractivity contribution in [3.05, 3.63) is 12.7 Å². The van der Waals surface area contributed by atoms with Crippen molar-refractivity contribution in [1.82, 2.24) is 5.43 Å². The molecule has 1 rings (SSSR count). The molecule has 0 aromatic carbocycles. The number of nitrogens with one attached hydrogen (secondary N) is 1. The van der Waals surface area contributed by atoms with Crippen molar-refractivity contribution < 1.29 is 8.42 Å². The van der Waals surface area contributed by atoms with Crippen LogP contribution in [-0.4, -0.2) is 25.5 Å². The molecular weight excluding hydrogens is 188 g/mol. The van der Waals surface area contributed by atoms with Crippen molar-refractivity contribution in [2.45, 2.75) is 30.6 Å². The smallest absolute Gasteiger partial charge is 0.155 e. The lowest BCUT2D eigenvalue weighted by molar-refractivity contribution is 0.487. The van der Waals surface area contributed by atoms with E-state index in [2.05, 4.69) is 12.0 Å². The number of hydrazine groups is 1. The molecule has 1 saturated heterocycles.